The average molecular weight is 370 g/mol. The lowest BCUT2D eigenvalue weighted by Gasteiger charge is -2.18. The molecule has 0 unspecified atom stereocenters. The molecule has 0 bridgehead atoms. The Bertz CT molecular complexity index is 1050. The van der Waals surface area contributed by atoms with Crippen LogP contribution in [0.15, 0.2) is 46.6 Å². The molecule has 0 saturated carbocycles. The third-order valence-corrected chi connectivity index (χ3v) is 5.58. The van der Waals surface area contributed by atoms with Crippen LogP contribution in [-0.4, -0.2) is 10.8 Å². The summed E-state index contributed by atoms with van der Waals surface area (Å²) >= 11 is 2.87. The van der Waals surface area contributed by atoms with Gasteiger partial charge in [0, 0.05) is 16.5 Å². The van der Waals surface area contributed by atoms with E-state index in [1.54, 1.807) is 11.3 Å². The molecule has 0 saturated heterocycles. The van der Waals surface area contributed by atoms with Crippen LogP contribution in [0.1, 0.15) is 41.6 Å². The standard InChI is InChI=1S/C20H19NO2S2/c1-20(2,3)14-8-6-13(7-9-14)16(22)12-18-21-19(23)17(25-18)11-15-5-4-10-24-15/h4-12H,1-3H3,(H,21,23)/b17-11+,18-12-. The smallest absolute Gasteiger partial charge is 0.266 e. The van der Waals surface area contributed by atoms with Gasteiger partial charge in [-0.15, -0.1) is 22.7 Å². The van der Waals surface area contributed by atoms with E-state index in [1.165, 1.54) is 23.0 Å². The number of H-pyrrole nitrogens is 1. The van der Waals surface area contributed by atoms with E-state index in [-0.39, 0.29) is 16.8 Å². The van der Waals surface area contributed by atoms with E-state index in [4.69, 9.17) is 0 Å². The molecule has 0 atom stereocenters. The number of hydrogen-bond acceptors (Lipinski definition) is 4. The Morgan fingerprint density at radius 3 is 2.44 bits per heavy atom. The number of nitrogens with one attached hydrogen (secondary N) is 1. The van der Waals surface area contributed by atoms with Crippen molar-refractivity contribution in [1.29, 1.82) is 0 Å². The fourth-order valence-corrected chi connectivity index (χ4v) is 3.97. The monoisotopic (exact) mass is 369 g/mol. The Kier molecular flexibility index (Phi) is 4.88. The molecule has 25 heavy (non-hydrogen) atoms. The number of aromatic amines is 1. The second kappa shape index (κ2) is 6.94. The van der Waals surface area contributed by atoms with Gasteiger partial charge in [-0.25, -0.2) is 0 Å². The van der Waals surface area contributed by atoms with E-state index < -0.39 is 0 Å². The predicted molar refractivity (Wildman–Crippen MR) is 106 cm³/mol. The van der Waals surface area contributed by atoms with Crippen LogP contribution in [0.5, 0.6) is 0 Å². The van der Waals surface area contributed by atoms with E-state index in [9.17, 15) is 9.59 Å². The maximum atomic E-state index is 12.4. The molecule has 1 aromatic carbocycles. The minimum absolute atomic E-state index is 0.0524. The summed E-state index contributed by atoms with van der Waals surface area (Å²) < 4.78 is 1.17. The van der Waals surface area contributed by atoms with Crippen molar-refractivity contribution >= 4 is 40.6 Å². The number of aromatic nitrogens is 1. The minimum atomic E-state index is -0.166. The Labute approximate surface area is 154 Å². The number of rotatable bonds is 3. The largest absolute Gasteiger partial charge is 0.313 e. The second-order valence-corrected chi connectivity index (χ2v) is 8.84. The molecule has 3 rings (SSSR count). The number of ketones is 1. The molecule has 0 aliphatic carbocycles. The summed E-state index contributed by atoms with van der Waals surface area (Å²) in [5, 5.41) is 1.96. The normalized spacial score (nSPS) is 13.4. The highest BCUT2D eigenvalue weighted by atomic mass is 32.1. The van der Waals surface area contributed by atoms with Crippen molar-refractivity contribution in [2.75, 3.05) is 0 Å². The van der Waals surface area contributed by atoms with Crippen LogP contribution in [-0.2, 0) is 5.41 Å². The summed E-state index contributed by atoms with van der Waals surface area (Å²) in [6.07, 6.45) is 3.33. The van der Waals surface area contributed by atoms with Gasteiger partial charge in [-0.1, -0.05) is 51.1 Å². The molecule has 0 amide bonds. The van der Waals surface area contributed by atoms with Gasteiger partial charge >= 0.3 is 0 Å². The van der Waals surface area contributed by atoms with Gasteiger partial charge in [0.25, 0.3) is 5.56 Å². The van der Waals surface area contributed by atoms with Crippen molar-refractivity contribution in [3.8, 4) is 0 Å². The molecular weight excluding hydrogens is 350 g/mol. The van der Waals surface area contributed by atoms with E-state index in [0.29, 0.717) is 14.8 Å². The highest BCUT2D eigenvalue weighted by molar-refractivity contribution is 7.11. The summed E-state index contributed by atoms with van der Waals surface area (Å²) in [5.74, 6) is -0.111. The van der Waals surface area contributed by atoms with Crippen LogP contribution in [0.2, 0.25) is 0 Å². The first-order valence-corrected chi connectivity index (χ1v) is 9.63. The third-order valence-electron chi connectivity index (χ3n) is 3.79. The van der Waals surface area contributed by atoms with Gasteiger partial charge in [-0.3, -0.25) is 9.59 Å². The zero-order valence-corrected chi connectivity index (χ0v) is 16.0. The number of benzene rings is 1. The fraction of sp³-hybridized carbons (Fsp3) is 0.200. The van der Waals surface area contributed by atoms with E-state index >= 15 is 0 Å². The van der Waals surface area contributed by atoms with Gasteiger partial charge in [0.1, 0.15) is 0 Å². The van der Waals surface area contributed by atoms with Crippen molar-refractivity contribution in [3.63, 3.8) is 0 Å². The molecule has 0 aliphatic rings. The lowest BCUT2D eigenvalue weighted by Crippen LogP contribution is -2.19. The number of hydrogen-bond donors (Lipinski definition) is 1. The van der Waals surface area contributed by atoms with Crippen molar-refractivity contribution in [2.24, 2.45) is 0 Å². The van der Waals surface area contributed by atoms with Gasteiger partial charge in [0.2, 0.25) is 0 Å². The Balaban J connectivity index is 1.91. The van der Waals surface area contributed by atoms with Crippen LogP contribution in [0.25, 0.3) is 12.2 Å². The fourth-order valence-electron chi connectivity index (χ4n) is 2.36. The third kappa shape index (κ3) is 4.24. The SMILES string of the molecule is CC(C)(C)c1ccc(C(=O)/C=c2/[nH]c(=O)/c(=C\c3cccs3)s2)cc1. The molecule has 128 valence electrons. The summed E-state index contributed by atoms with van der Waals surface area (Å²) in [6, 6.07) is 11.5. The van der Waals surface area contributed by atoms with Crippen LogP contribution < -0.4 is 14.8 Å². The maximum Gasteiger partial charge on any atom is 0.266 e. The first-order chi connectivity index (χ1) is 11.8. The molecule has 0 aliphatic heterocycles. The van der Waals surface area contributed by atoms with Crippen molar-refractivity contribution in [2.45, 2.75) is 26.2 Å². The molecule has 2 aromatic heterocycles. The van der Waals surface area contributed by atoms with Gasteiger partial charge in [-0.05, 0) is 28.5 Å². The van der Waals surface area contributed by atoms with Gasteiger partial charge in [-0.2, -0.15) is 0 Å². The Morgan fingerprint density at radius 1 is 1.12 bits per heavy atom. The van der Waals surface area contributed by atoms with Crippen LogP contribution in [0, 0.1) is 0 Å². The zero-order valence-electron chi connectivity index (χ0n) is 14.3. The van der Waals surface area contributed by atoms with Gasteiger partial charge in [0.15, 0.2) is 5.78 Å². The summed E-state index contributed by atoms with van der Waals surface area (Å²) in [7, 11) is 0. The average Bonchev–Trinajstić information content (AvgIpc) is 3.17. The lowest BCUT2D eigenvalue weighted by atomic mass is 9.86. The summed E-state index contributed by atoms with van der Waals surface area (Å²) in [4.78, 5) is 28.2. The first-order valence-electron chi connectivity index (χ1n) is 7.94. The maximum absolute atomic E-state index is 12.4. The highest BCUT2D eigenvalue weighted by Gasteiger charge is 2.13. The molecule has 0 fully saturated rings. The number of carbonyl (C=O) groups is 1. The van der Waals surface area contributed by atoms with Gasteiger partial charge in [0.05, 0.1) is 9.20 Å². The second-order valence-electron chi connectivity index (χ2n) is 6.78. The summed E-state index contributed by atoms with van der Waals surface area (Å²) in [6.45, 7) is 6.41. The highest BCUT2D eigenvalue weighted by Crippen LogP contribution is 2.22. The number of carbonyl (C=O) groups excluding carboxylic acids is 1. The molecule has 0 spiro atoms. The quantitative estimate of drug-likeness (QED) is 0.720. The zero-order chi connectivity index (χ0) is 18.0. The molecule has 3 nitrogen and oxygen atoms in total. The molecule has 0 radical (unpaired) electrons. The van der Waals surface area contributed by atoms with E-state index in [1.807, 2.05) is 47.9 Å². The molecular formula is C20H19NO2S2. The topological polar surface area (TPSA) is 49.9 Å². The Hall–Kier alpha value is -2.24. The van der Waals surface area contributed by atoms with E-state index in [0.717, 1.165) is 4.88 Å². The number of thiophene rings is 1. The first kappa shape index (κ1) is 17.6. The predicted octanol–water partition coefficient (Wildman–Crippen LogP) is 3.29. The van der Waals surface area contributed by atoms with Crippen molar-refractivity contribution in [3.05, 3.63) is 77.3 Å². The number of Topliss-reactive ketones (excluding diaryl/α,β-unsaturated/α-hetero) is 1. The molecule has 3 aromatic rings. The van der Waals surface area contributed by atoms with Crippen LogP contribution in [0.4, 0.5) is 0 Å². The minimum Gasteiger partial charge on any atom is -0.313 e. The van der Waals surface area contributed by atoms with Crippen molar-refractivity contribution < 1.29 is 4.79 Å². The van der Waals surface area contributed by atoms with Crippen LogP contribution in [0.3, 0.4) is 0 Å². The summed E-state index contributed by atoms with van der Waals surface area (Å²) in [5.41, 5.74) is 1.68. The molecule has 1 N–H and O–H groups in total. The van der Waals surface area contributed by atoms with Gasteiger partial charge < -0.3 is 4.98 Å². The van der Waals surface area contributed by atoms with E-state index in [2.05, 4.69) is 25.8 Å². The molecule has 5 heteroatoms. The lowest BCUT2D eigenvalue weighted by molar-refractivity contribution is 0.106. The van der Waals surface area contributed by atoms with Crippen molar-refractivity contribution in [1.82, 2.24) is 4.98 Å². The number of thiazole rings is 1. The van der Waals surface area contributed by atoms with Crippen LogP contribution >= 0.6 is 22.7 Å². The Morgan fingerprint density at radius 2 is 1.84 bits per heavy atom. The molecule has 2 heterocycles.